The smallest absolute Gasteiger partial charge is 0.222 e. The Morgan fingerprint density at radius 3 is 2.57 bits per heavy atom. The van der Waals surface area contributed by atoms with Crippen molar-refractivity contribution in [3.05, 3.63) is 18.0 Å². The van der Waals surface area contributed by atoms with Crippen molar-refractivity contribution in [1.29, 1.82) is 0 Å². The number of nitrogen functional groups attached to an aromatic ring is 1. The van der Waals surface area contributed by atoms with E-state index in [-0.39, 0.29) is 6.04 Å². The zero-order valence-electron chi connectivity index (χ0n) is 13.2. The Labute approximate surface area is 130 Å². The Morgan fingerprint density at radius 1 is 1.24 bits per heavy atom. The predicted molar refractivity (Wildman–Crippen MR) is 86.2 cm³/mol. The molecule has 0 atom stereocenters. The number of nitrogens with zero attached hydrogens (tertiary/aromatic N) is 5. The summed E-state index contributed by atoms with van der Waals surface area (Å²) in [4.78, 5) is 0. The second-order valence-electron chi connectivity index (χ2n) is 5.35. The van der Waals surface area contributed by atoms with E-state index < -0.39 is 0 Å². The van der Waals surface area contributed by atoms with Gasteiger partial charge in [-0.2, -0.15) is 5.10 Å². The van der Waals surface area contributed by atoms with Gasteiger partial charge in [0.05, 0.1) is 11.7 Å². The van der Waals surface area contributed by atoms with Gasteiger partial charge in [-0.25, -0.2) is 0 Å². The van der Waals surface area contributed by atoms with Crippen LogP contribution in [0.15, 0.2) is 17.4 Å². The lowest BCUT2D eigenvalue weighted by Crippen LogP contribution is -2.08. The second-order valence-corrected chi connectivity index (χ2v) is 6.29. The summed E-state index contributed by atoms with van der Waals surface area (Å²) in [6.45, 7) is 8.54. The molecule has 7 heteroatoms. The molecule has 2 heterocycles. The molecule has 0 fully saturated rings. The fraction of sp³-hybridized carbons (Fsp3) is 0.643. The Hall–Kier alpha value is -1.50. The van der Waals surface area contributed by atoms with Gasteiger partial charge in [-0.3, -0.25) is 9.25 Å². The van der Waals surface area contributed by atoms with Crippen LogP contribution in [0.1, 0.15) is 58.3 Å². The van der Waals surface area contributed by atoms with Gasteiger partial charge in [0.15, 0.2) is 5.16 Å². The minimum atomic E-state index is 0.254. The van der Waals surface area contributed by atoms with Crippen molar-refractivity contribution in [3.8, 4) is 0 Å². The summed E-state index contributed by atoms with van der Waals surface area (Å²) in [5.41, 5.74) is 6.91. The molecular formula is C14H24N6S. The average Bonchev–Trinajstić information content (AvgIpc) is 3.05. The van der Waals surface area contributed by atoms with Crippen molar-refractivity contribution < 1.29 is 0 Å². The first kappa shape index (κ1) is 15.9. The highest BCUT2D eigenvalue weighted by atomic mass is 32.2. The topological polar surface area (TPSA) is 74.6 Å². The number of hydrogen-bond donors (Lipinski definition) is 1. The van der Waals surface area contributed by atoms with Gasteiger partial charge in [-0.1, -0.05) is 25.6 Å². The lowest BCUT2D eigenvalue weighted by atomic mass is 10.2. The van der Waals surface area contributed by atoms with Gasteiger partial charge in [0.1, 0.15) is 0 Å². The first-order valence-electron chi connectivity index (χ1n) is 7.44. The van der Waals surface area contributed by atoms with Crippen LogP contribution in [-0.4, -0.2) is 24.5 Å². The summed E-state index contributed by atoms with van der Waals surface area (Å²) in [7, 11) is 0. The summed E-state index contributed by atoms with van der Waals surface area (Å²) in [5.74, 6) is 1.24. The van der Waals surface area contributed by atoms with Gasteiger partial charge < -0.3 is 5.73 Å². The van der Waals surface area contributed by atoms with E-state index in [1.54, 1.807) is 11.8 Å². The molecule has 0 aliphatic rings. The molecule has 0 aliphatic carbocycles. The van der Waals surface area contributed by atoms with Crippen molar-refractivity contribution >= 4 is 17.7 Å². The average molecular weight is 308 g/mol. The van der Waals surface area contributed by atoms with Crippen molar-refractivity contribution in [2.24, 2.45) is 0 Å². The third-order valence-electron chi connectivity index (χ3n) is 3.54. The zero-order chi connectivity index (χ0) is 15.4. The fourth-order valence-corrected chi connectivity index (χ4v) is 3.30. The maximum absolute atomic E-state index is 5.85. The standard InChI is InChI=1S/C14H24N6S/c1-5-12(6-2)19-8-7-11(18-19)9-21-14-17-16-13(15)20(14)10(3)4/h7-8,10,12H,5-6,9H2,1-4H3,(H2,15,16). The number of aromatic nitrogens is 5. The van der Waals surface area contributed by atoms with E-state index >= 15 is 0 Å². The highest BCUT2D eigenvalue weighted by molar-refractivity contribution is 7.98. The molecule has 2 N–H and O–H groups in total. The molecule has 0 unspecified atom stereocenters. The summed E-state index contributed by atoms with van der Waals surface area (Å²) in [6, 6.07) is 2.81. The van der Waals surface area contributed by atoms with Crippen LogP contribution in [0.3, 0.4) is 0 Å². The van der Waals surface area contributed by atoms with E-state index in [1.807, 2.05) is 4.57 Å². The van der Waals surface area contributed by atoms with Gasteiger partial charge >= 0.3 is 0 Å². The van der Waals surface area contributed by atoms with Crippen molar-refractivity contribution in [2.45, 2.75) is 63.5 Å². The lowest BCUT2D eigenvalue weighted by Gasteiger charge is -2.12. The molecular weight excluding hydrogens is 284 g/mol. The van der Waals surface area contributed by atoms with E-state index in [9.17, 15) is 0 Å². The van der Waals surface area contributed by atoms with Gasteiger partial charge in [-0.05, 0) is 32.8 Å². The lowest BCUT2D eigenvalue weighted by molar-refractivity contribution is 0.426. The van der Waals surface area contributed by atoms with Crippen molar-refractivity contribution in [3.63, 3.8) is 0 Å². The van der Waals surface area contributed by atoms with Crippen LogP contribution in [0.4, 0.5) is 5.95 Å². The molecule has 2 aromatic rings. The maximum Gasteiger partial charge on any atom is 0.222 e. The Bertz CT molecular complexity index is 570. The van der Waals surface area contributed by atoms with Crippen LogP contribution in [0.2, 0.25) is 0 Å². The van der Waals surface area contributed by atoms with Crippen LogP contribution < -0.4 is 5.73 Å². The van der Waals surface area contributed by atoms with Gasteiger partial charge in [0.25, 0.3) is 0 Å². The molecule has 2 rings (SSSR count). The second kappa shape index (κ2) is 6.98. The van der Waals surface area contributed by atoms with Crippen molar-refractivity contribution in [2.75, 3.05) is 5.73 Å². The van der Waals surface area contributed by atoms with Gasteiger partial charge in [0.2, 0.25) is 5.95 Å². The minimum absolute atomic E-state index is 0.254. The Balaban J connectivity index is 2.04. The highest BCUT2D eigenvalue weighted by Gasteiger charge is 2.14. The summed E-state index contributed by atoms with van der Waals surface area (Å²) in [5, 5.41) is 13.6. The van der Waals surface area contributed by atoms with Crippen LogP contribution in [-0.2, 0) is 5.75 Å². The molecule has 0 amide bonds. The Kier molecular flexibility index (Phi) is 5.27. The van der Waals surface area contributed by atoms with Crippen LogP contribution in [0, 0.1) is 0 Å². The van der Waals surface area contributed by atoms with Crippen LogP contribution in [0.25, 0.3) is 0 Å². The van der Waals surface area contributed by atoms with E-state index in [1.165, 1.54) is 0 Å². The molecule has 0 aliphatic heterocycles. The number of rotatable bonds is 7. The minimum Gasteiger partial charge on any atom is -0.368 e. The van der Waals surface area contributed by atoms with Gasteiger partial charge in [0, 0.05) is 18.0 Å². The molecule has 2 aromatic heterocycles. The number of anilines is 1. The molecule has 0 aromatic carbocycles. The third kappa shape index (κ3) is 3.58. The fourth-order valence-electron chi connectivity index (χ4n) is 2.33. The predicted octanol–water partition coefficient (Wildman–Crippen LogP) is 3.29. The summed E-state index contributed by atoms with van der Waals surface area (Å²) < 4.78 is 4.01. The zero-order valence-corrected chi connectivity index (χ0v) is 14.0. The Morgan fingerprint density at radius 2 is 1.95 bits per heavy atom. The number of nitrogens with two attached hydrogens (primary N) is 1. The quantitative estimate of drug-likeness (QED) is 0.794. The summed E-state index contributed by atoms with van der Waals surface area (Å²) >= 11 is 1.62. The molecule has 0 radical (unpaired) electrons. The SMILES string of the molecule is CCC(CC)n1ccc(CSc2nnc(N)n2C(C)C)n1. The number of hydrogen-bond acceptors (Lipinski definition) is 5. The molecule has 0 saturated carbocycles. The highest BCUT2D eigenvalue weighted by Crippen LogP contribution is 2.25. The first-order chi connectivity index (χ1) is 10.1. The van der Waals surface area contributed by atoms with E-state index in [4.69, 9.17) is 5.73 Å². The largest absolute Gasteiger partial charge is 0.368 e. The molecule has 116 valence electrons. The molecule has 21 heavy (non-hydrogen) atoms. The third-order valence-corrected chi connectivity index (χ3v) is 4.51. The first-order valence-corrected chi connectivity index (χ1v) is 8.42. The monoisotopic (exact) mass is 308 g/mol. The number of thioether (sulfide) groups is 1. The molecule has 0 saturated heterocycles. The molecule has 0 bridgehead atoms. The van der Waals surface area contributed by atoms with E-state index in [2.05, 4.69) is 59.9 Å². The molecule has 0 spiro atoms. The normalized spacial score (nSPS) is 11.7. The molecule has 6 nitrogen and oxygen atoms in total. The van der Waals surface area contributed by atoms with Crippen molar-refractivity contribution in [1.82, 2.24) is 24.5 Å². The van der Waals surface area contributed by atoms with E-state index in [0.29, 0.717) is 12.0 Å². The summed E-state index contributed by atoms with van der Waals surface area (Å²) in [6.07, 6.45) is 4.26. The van der Waals surface area contributed by atoms with Crippen LogP contribution >= 0.6 is 11.8 Å². The van der Waals surface area contributed by atoms with Crippen LogP contribution in [0.5, 0.6) is 0 Å². The van der Waals surface area contributed by atoms with E-state index in [0.717, 1.165) is 29.4 Å². The van der Waals surface area contributed by atoms with Gasteiger partial charge in [-0.15, -0.1) is 10.2 Å². The maximum atomic E-state index is 5.85.